The highest BCUT2D eigenvalue weighted by atomic mass is 16.4. The van der Waals surface area contributed by atoms with Gasteiger partial charge in [0.15, 0.2) is 5.65 Å². The maximum absolute atomic E-state index is 11.1. The van der Waals surface area contributed by atoms with Gasteiger partial charge in [0, 0.05) is 11.9 Å². The summed E-state index contributed by atoms with van der Waals surface area (Å²) in [4.78, 5) is 15.3. The summed E-state index contributed by atoms with van der Waals surface area (Å²) in [5, 5.41) is 25.0. The van der Waals surface area contributed by atoms with Gasteiger partial charge in [-0.1, -0.05) is 0 Å². The van der Waals surface area contributed by atoms with Crippen LogP contribution in [0.5, 0.6) is 0 Å². The molecular formula is C14H9N5O2. The number of benzene rings is 1. The van der Waals surface area contributed by atoms with Gasteiger partial charge in [-0.25, -0.2) is 9.31 Å². The molecule has 0 radical (unpaired) electrons. The number of carboxylic acids is 1. The van der Waals surface area contributed by atoms with Crippen molar-refractivity contribution in [1.29, 1.82) is 5.26 Å². The van der Waals surface area contributed by atoms with Gasteiger partial charge < -0.3 is 10.4 Å². The van der Waals surface area contributed by atoms with Crippen LogP contribution < -0.4 is 5.32 Å². The van der Waals surface area contributed by atoms with Crippen LogP contribution >= 0.6 is 0 Å². The predicted octanol–water partition coefficient (Wildman–Crippen LogP) is 2.04. The van der Waals surface area contributed by atoms with Gasteiger partial charge in [-0.2, -0.15) is 10.2 Å². The minimum Gasteiger partial charge on any atom is -0.478 e. The summed E-state index contributed by atoms with van der Waals surface area (Å²) in [6, 6.07) is 11.9. The Morgan fingerprint density at radius 2 is 2.05 bits per heavy atom. The quantitative estimate of drug-likeness (QED) is 0.760. The summed E-state index contributed by atoms with van der Waals surface area (Å²) in [6.45, 7) is 0. The van der Waals surface area contributed by atoms with Gasteiger partial charge in [-0.05, 0) is 36.4 Å². The molecule has 2 heterocycles. The van der Waals surface area contributed by atoms with E-state index < -0.39 is 5.97 Å². The third-order valence-electron chi connectivity index (χ3n) is 2.86. The van der Waals surface area contributed by atoms with Crippen molar-refractivity contribution in [2.75, 3.05) is 5.32 Å². The van der Waals surface area contributed by atoms with Gasteiger partial charge in [-0.15, -0.1) is 5.10 Å². The van der Waals surface area contributed by atoms with Crippen LogP contribution in [0.3, 0.4) is 0 Å². The van der Waals surface area contributed by atoms with Gasteiger partial charge in [0.1, 0.15) is 5.56 Å². The molecule has 0 unspecified atom stereocenters. The molecule has 0 amide bonds. The first kappa shape index (κ1) is 12.6. The molecule has 0 fully saturated rings. The predicted molar refractivity (Wildman–Crippen MR) is 74.4 cm³/mol. The highest BCUT2D eigenvalue weighted by Gasteiger charge is 2.12. The number of nitriles is 1. The number of rotatable bonds is 3. The highest BCUT2D eigenvalue weighted by Crippen LogP contribution is 2.16. The van der Waals surface area contributed by atoms with Crippen LogP contribution in [0.2, 0.25) is 0 Å². The minimum absolute atomic E-state index is 0.0814. The Labute approximate surface area is 119 Å². The van der Waals surface area contributed by atoms with Crippen LogP contribution in [0.4, 0.5) is 11.6 Å². The fraction of sp³-hybridized carbons (Fsp3) is 0. The molecule has 3 aromatic rings. The van der Waals surface area contributed by atoms with Crippen molar-refractivity contribution < 1.29 is 9.90 Å². The lowest BCUT2D eigenvalue weighted by molar-refractivity contribution is 0.0698. The molecule has 0 aliphatic heterocycles. The van der Waals surface area contributed by atoms with Crippen molar-refractivity contribution in [2.45, 2.75) is 0 Å². The Balaban J connectivity index is 1.96. The van der Waals surface area contributed by atoms with Crippen LogP contribution in [0.1, 0.15) is 15.9 Å². The van der Waals surface area contributed by atoms with E-state index in [4.69, 9.17) is 10.4 Å². The molecule has 1 aromatic carbocycles. The summed E-state index contributed by atoms with van der Waals surface area (Å²) in [5.41, 5.74) is 1.61. The molecule has 102 valence electrons. The van der Waals surface area contributed by atoms with E-state index >= 15 is 0 Å². The standard InChI is InChI=1S/C14H9N5O2/c15-8-9-3-5-10(6-4-9)16-14-17-12-11(13(20)21)2-1-7-19(12)18-14/h1-7H,(H,16,18)(H,20,21). The van der Waals surface area contributed by atoms with Crippen LogP contribution in [-0.2, 0) is 0 Å². The van der Waals surface area contributed by atoms with E-state index in [9.17, 15) is 4.79 Å². The fourth-order valence-electron chi connectivity index (χ4n) is 1.88. The van der Waals surface area contributed by atoms with Crippen molar-refractivity contribution in [1.82, 2.24) is 14.6 Å². The minimum atomic E-state index is -1.06. The van der Waals surface area contributed by atoms with E-state index in [0.717, 1.165) is 0 Å². The second-order valence-electron chi connectivity index (χ2n) is 4.24. The van der Waals surface area contributed by atoms with E-state index in [1.165, 1.54) is 10.6 Å². The van der Waals surface area contributed by atoms with Crippen LogP contribution in [0, 0.1) is 11.3 Å². The van der Waals surface area contributed by atoms with Crippen molar-refractivity contribution in [3.05, 3.63) is 53.7 Å². The Kier molecular flexibility index (Phi) is 2.97. The number of carboxylic acid groups (broad SMARTS) is 1. The lowest BCUT2D eigenvalue weighted by Gasteiger charge is -2.00. The van der Waals surface area contributed by atoms with Gasteiger partial charge in [0.2, 0.25) is 5.95 Å². The van der Waals surface area contributed by atoms with E-state index in [-0.39, 0.29) is 17.2 Å². The molecular weight excluding hydrogens is 270 g/mol. The zero-order valence-corrected chi connectivity index (χ0v) is 10.7. The molecule has 0 bridgehead atoms. The summed E-state index contributed by atoms with van der Waals surface area (Å²) in [7, 11) is 0. The van der Waals surface area contributed by atoms with Crippen molar-refractivity contribution in [2.24, 2.45) is 0 Å². The summed E-state index contributed by atoms with van der Waals surface area (Å²) in [5.74, 6) is -0.772. The maximum Gasteiger partial charge on any atom is 0.339 e. The molecule has 2 aromatic heterocycles. The number of pyridine rings is 1. The van der Waals surface area contributed by atoms with Gasteiger partial charge >= 0.3 is 5.97 Å². The lowest BCUT2D eigenvalue weighted by Crippen LogP contribution is -2.00. The van der Waals surface area contributed by atoms with Gasteiger partial charge in [-0.3, -0.25) is 0 Å². The molecule has 2 N–H and O–H groups in total. The second-order valence-corrected chi connectivity index (χ2v) is 4.24. The first-order valence-electron chi connectivity index (χ1n) is 6.03. The van der Waals surface area contributed by atoms with Crippen LogP contribution in [-0.4, -0.2) is 25.7 Å². The summed E-state index contributed by atoms with van der Waals surface area (Å²) in [6.07, 6.45) is 1.62. The van der Waals surface area contributed by atoms with Crippen LogP contribution in [0.25, 0.3) is 5.65 Å². The topological polar surface area (TPSA) is 103 Å². The first-order chi connectivity index (χ1) is 10.2. The third-order valence-corrected chi connectivity index (χ3v) is 2.86. The van der Waals surface area contributed by atoms with Crippen molar-refractivity contribution >= 4 is 23.3 Å². The van der Waals surface area contributed by atoms with E-state index in [1.54, 1.807) is 36.5 Å². The fourth-order valence-corrected chi connectivity index (χ4v) is 1.88. The van der Waals surface area contributed by atoms with Gasteiger partial charge in [0.05, 0.1) is 11.6 Å². The average molecular weight is 279 g/mol. The molecule has 7 heteroatoms. The number of fused-ring (bicyclic) bond motifs is 1. The molecule has 0 saturated heterocycles. The Bertz CT molecular complexity index is 861. The number of carbonyl (C=O) groups is 1. The molecule has 0 aliphatic rings. The monoisotopic (exact) mass is 279 g/mol. The largest absolute Gasteiger partial charge is 0.478 e. The van der Waals surface area contributed by atoms with Crippen molar-refractivity contribution in [3.8, 4) is 6.07 Å². The van der Waals surface area contributed by atoms with E-state index in [1.807, 2.05) is 6.07 Å². The summed E-state index contributed by atoms with van der Waals surface area (Å²) < 4.78 is 1.40. The molecule has 0 spiro atoms. The number of hydrogen-bond donors (Lipinski definition) is 2. The maximum atomic E-state index is 11.1. The number of nitrogens with zero attached hydrogens (tertiary/aromatic N) is 4. The second kappa shape index (κ2) is 4.94. The normalized spacial score (nSPS) is 10.2. The number of aromatic nitrogens is 3. The zero-order valence-electron chi connectivity index (χ0n) is 10.7. The Hall–Kier alpha value is -3.40. The highest BCUT2D eigenvalue weighted by molar-refractivity contribution is 5.94. The number of nitrogens with one attached hydrogen (secondary N) is 1. The molecule has 21 heavy (non-hydrogen) atoms. The third kappa shape index (κ3) is 2.37. The Morgan fingerprint density at radius 1 is 1.29 bits per heavy atom. The molecule has 7 nitrogen and oxygen atoms in total. The summed E-state index contributed by atoms with van der Waals surface area (Å²) >= 11 is 0. The van der Waals surface area contributed by atoms with Crippen LogP contribution in [0.15, 0.2) is 42.6 Å². The molecule has 0 aliphatic carbocycles. The molecule has 0 atom stereocenters. The van der Waals surface area contributed by atoms with Gasteiger partial charge in [0.25, 0.3) is 0 Å². The van der Waals surface area contributed by atoms with E-state index in [2.05, 4.69) is 15.4 Å². The Morgan fingerprint density at radius 3 is 2.71 bits per heavy atom. The first-order valence-corrected chi connectivity index (χ1v) is 6.03. The number of hydrogen-bond acceptors (Lipinski definition) is 5. The smallest absolute Gasteiger partial charge is 0.339 e. The molecule has 0 saturated carbocycles. The lowest BCUT2D eigenvalue weighted by atomic mass is 10.2. The molecule has 3 rings (SSSR count). The SMILES string of the molecule is N#Cc1ccc(Nc2nc3c(C(=O)O)cccn3n2)cc1. The van der Waals surface area contributed by atoms with E-state index in [0.29, 0.717) is 11.3 Å². The van der Waals surface area contributed by atoms with Crippen molar-refractivity contribution in [3.63, 3.8) is 0 Å². The average Bonchev–Trinajstić information content (AvgIpc) is 2.89. The number of anilines is 2. The zero-order chi connectivity index (χ0) is 14.8. The number of aromatic carboxylic acids is 1.